The molecule has 0 nitrogen and oxygen atoms in total. The van der Waals surface area contributed by atoms with Crippen molar-refractivity contribution in [3.8, 4) is 0 Å². The molecule has 0 saturated heterocycles. The third kappa shape index (κ3) is 1.32. The molecule has 0 heterocycles. The van der Waals surface area contributed by atoms with Gasteiger partial charge in [0, 0.05) is 4.90 Å². The van der Waals surface area contributed by atoms with Gasteiger partial charge >= 0.3 is 0 Å². The summed E-state index contributed by atoms with van der Waals surface area (Å²) >= 11 is 3.95. The van der Waals surface area contributed by atoms with Crippen LogP contribution in [0.4, 0.5) is 4.39 Å². The Hall–Kier alpha value is -0.500. The van der Waals surface area contributed by atoms with E-state index in [2.05, 4.69) is 12.6 Å². The summed E-state index contributed by atoms with van der Waals surface area (Å²) in [7, 11) is 0. The van der Waals surface area contributed by atoms with E-state index in [0.29, 0.717) is 4.90 Å². The molecular formula is C8H9FS. The van der Waals surface area contributed by atoms with Gasteiger partial charge in [0.15, 0.2) is 0 Å². The number of benzene rings is 1. The molecular weight excluding hydrogens is 147 g/mol. The molecule has 1 rings (SSSR count). The third-order valence-corrected chi connectivity index (χ3v) is 1.78. The lowest BCUT2D eigenvalue weighted by Gasteiger charge is -1.99. The molecule has 0 aliphatic carbocycles. The van der Waals surface area contributed by atoms with Gasteiger partial charge in [0.25, 0.3) is 0 Å². The molecule has 0 atom stereocenters. The van der Waals surface area contributed by atoms with Crippen LogP contribution in [0.3, 0.4) is 0 Å². The average molecular weight is 156 g/mol. The van der Waals surface area contributed by atoms with Gasteiger partial charge in [-0.1, -0.05) is 19.1 Å². The topological polar surface area (TPSA) is 0 Å². The van der Waals surface area contributed by atoms with E-state index >= 15 is 0 Å². The van der Waals surface area contributed by atoms with Gasteiger partial charge in [-0.15, -0.1) is 12.6 Å². The van der Waals surface area contributed by atoms with Crippen LogP contribution >= 0.6 is 12.6 Å². The number of hydrogen-bond acceptors (Lipinski definition) is 1. The number of rotatable bonds is 1. The predicted molar refractivity (Wildman–Crippen MR) is 43.0 cm³/mol. The molecule has 0 fully saturated rings. The SMILES string of the molecule is CCc1cccc(S)c1F. The summed E-state index contributed by atoms with van der Waals surface area (Å²) < 4.78 is 12.9. The van der Waals surface area contributed by atoms with Crippen LogP contribution in [0.2, 0.25) is 0 Å². The highest BCUT2D eigenvalue weighted by Crippen LogP contribution is 2.15. The smallest absolute Gasteiger partial charge is 0.139 e. The van der Waals surface area contributed by atoms with Crippen molar-refractivity contribution in [1.29, 1.82) is 0 Å². The van der Waals surface area contributed by atoms with E-state index in [-0.39, 0.29) is 5.82 Å². The fourth-order valence-corrected chi connectivity index (χ4v) is 1.07. The second-order valence-electron chi connectivity index (χ2n) is 2.10. The highest BCUT2D eigenvalue weighted by Gasteiger charge is 2.00. The largest absolute Gasteiger partial charge is 0.205 e. The van der Waals surface area contributed by atoms with Gasteiger partial charge in [-0.2, -0.15) is 0 Å². The van der Waals surface area contributed by atoms with E-state index in [1.807, 2.05) is 13.0 Å². The summed E-state index contributed by atoms with van der Waals surface area (Å²) in [5.74, 6) is -0.187. The molecule has 0 aromatic heterocycles. The molecule has 1 aromatic carbocycles. The zero-order chi connectivity index (χ0) is 7.56. The zero-order valence-corrected chi connectivity index (χ0v) is 6.66. The summed E-state index contributed by atoms with van der Waals surface area (Å²) in [4.78, 5) is 0.430. The quantitative estimate of drug-likeness (QED) is 0.594. The van der Waals surface area contributed by atoms with Crippen molar-refractivity contribution in [2.24, 2.45) is 0 Å². The first-order valence-electron chi connectivity index (χ1n) is 3.22. The Bertz CT molecular complexity index is 233. The molecule has 0 aliphatic rings. The van der Waals surface area contributed by atoms with Gasteiger partial charge in [-0.25, -0.2) is 4.39 Å². The molecule has 0 amide bonds. The molecule has 0 spiro atoms. The second-order valence-corrected chi connectivity index (χ2v) is 2.59. The minimum absolute atomic E-state index is 0.187. The summed E-state index contributed by atoms with van der Waals surface area (Å²) in [6.07, 6.45) is 0.722. The lowest BCUT2D eigenvalue weighted by atomic mass is 10.2. The molecule has 0 aliphatic heterocycles. The summed E-state index contributed by atoms with van der Waals surface area (Å²) in [5.41, 5.74) is 0.729. The normalized spacial score (nSPS) is 9.90. The Morgan fingerprint density at radius 3 is 2.70 bits per heavy atom. The molecule has 10 heavy (non-hydrogen) atoms. The molecule has 0 saturated carbocycles. The van der Waals surface area contributed by atoms with Crippen molar-refractivity contribution in [1.82, 2.24) is 0 Å². The molecule has 0 unspecified atom stereocenters. The van der Waals surface area contributed by atoms with Crippen LogP contribution in [0.15, 0.2) is 23.1 Å². The van der Waals surface area contributed by atoms with Gasteiger partial charge < -0.3 is 0 Å². The van der Waals surface area contributed by atoms with E-state index in [1.54, 1.807) is 12.1 Å². The Morgan fingerprint density at radius 1 is 1.50 bits per heavy atom. The van der Waals surface area contributed by atoms with Crippen molar-refractivity contribution in [3.63, 3.8) is 0 Å². The first-order chi connectivity index (χ1) is 4.75. The van der Waals surface area contributed by atoms with Gasteiger partial charge in [-0.05, 0) is 18.1 Å². The van der Waals surface area contributed by atoms with E-state index in [9.17, 15) is 4.39 Å². The van der Waals surface area contributed by atoms with Gasteiger partial charge in [0.1, 0.15) is 5.82 Å². The summed E-state index contributed by atoms with van der Waals surface area (Å²) in [6, 6.07) is 5.23. The Labute approximate surface area is 65.5 Å². The average Bonchev–Trinajstić information content (AvgIpc) is 1.95. The lowest BCUT2D eigenvalue weighted by Crippen LogP contribution is -1.87. The van der Waals surface area contributed by atoms with E-state index in [1.165, 1.54) is 0 Å². The fraction of sp³-hybridized carbons (Fsp3) is 0.250. The molecule has 0 radical (unpaired) electrons. The van der Waals surface area contributed by atoms with Crippen LogP contribution in [0, 0.1) is 5.82 Å². The zero-order valence-electron chi connectivity index (χ0n) is 5.76. The Morgan fingerprint density at radius 2 is 2.20 bits per heavy atom. The number of thiol groups is 1. The van der Waals surface area contributed by atoms with Crippen LogP contribution in [-0.2, 0) is 6.42 Å². The minimum atomic E-state index is -0.187. The van der Waals surface area contributed by atoms with Gasteiger partial charge in [0.2, 0.25) is 0 Å². The van der Waals surface area contributed by atoms with Crippen LogP contribution < -0.4 is 0 Å². The van der Waals surface area contributed by atoms with Crippen LogP contribution in [-0.4, -0.2) is 0 Å². The lowest BCUT2D eigenvalue weighted by molar-refractivity contribution is 0.587. The van der Waals surface area contributed by atoms with Crippen molar-refractivity contribution < 1.29 is 4.39 Å². The number of halogens is 1. The maximum atomic E-state index is 12.9. The standard InChI is InChI=1S/C8H9FS/c1-2-6-4-3-5-7(10)8(6)9/h3-5,10H,2H2,1H3. The highest BCUT2D eigenvalue weighted by atomic mass is 32.1. The monoisotopic (exact) mass is 156 g/mol. The first-order valence-corrected chi connectivity index (χ1v) is 3.66. The third-order valence-electron chi connectivity index (χ3n) is 1.44. The van der Waals surface area contributed by atoms with Crippen molar-refractivity contribution >= 4 is 12.6 Å². The molecule has 1 aromatic rings. The minimum Gasteiger partial charge on any atom is -0.205 e. The van der Waals surface area contributed by atoms with Crippen molar-refractivity contribution in [2.45, 2.75) is 18.2 Å². The Kier molecular flexibility index (Phi) is 2.33. The van der Waals surface area contributed by atoms with Crippen LogP contribution in [0.5, 0.6) is 0 Å². The number of hydrogen-bond donors (Lipinski definition) is 1. The number of aryl methyl sites for hydroxylation is 1. The first kappa shape index (κ1) is 7.61. The van der Waals surface area contributed by atoms with E-state index in [4.69, 9.17) is 0 Å². The van der Waals surface area contributed by atoms with Gasteiger partial charge in [0.05, 0.1) is 0 Å². The van der Waals surface area contributed by atoms with Crippen LogP contribution in [0.1, 0.15) is 12.5 Å². The van der Waals surface area contributed by atoms with E-state index in [0.717, 1.165) is 12.0 Å². The van der Waals surface area contributed by atoms with Crippen molar-refractivity contribution in [3.05, 3.63) is 29.6 Å². The summed E-state index contributed by atoms with van der Waals surface area (Å²) in [6.45, 7) is 1.92. The molecule has 54 valence electrons. The van der Waals surface area contributed by atoms with Gasteiger partial charge in [-0.3, -0.25) is 0 Å². The maximum absolute atomic E-state index is 12.9. The van der Waals surface area contributed by atoms with Crippen molar-refractivity contribution in [2.75, 3.05) is 0 Å². The molecule has 2 heteroatoms. The van der Waals surface area contributed by atoms with Crippen LogP contribution in [0.25, 0.3) is 0 Å². The second kappa shape index (κ2) is 3.06. The van der Waals surface area contributed by atoms with E-state index < -0.39 is 0 Å². The molecule has 0 N–H and O–H groups in total. The highest BCUT2D eigenvalue weighted by molar-refractivity contribution is 7.80. The predicted octanol–water partition coefficient (Wildman–Crippen LogP) is 2.68. The maximum Gasteiger partial charge on any atom is 0.139 e. The Balaban J connectivity index is 3.14. The molecule has 0 bridgehead atoms. The summed E-state index contributed by atoms with van der Waals surface area (Å²) in [5, 5.41) is 0. The fourth-order valence-electron chi connectivity index (χ4n) is 0.839.